The number of amides is 1. The van der Waals surface area contributed by atoms with Crippen LogP contribution in [0.15, 0.2) is 6.07 Å². The fourth-order valence-electron chi connectivity index (χ4n) is 2.02. The minimum Gasteiger partial charge on any atom is -0.460 e. The topological polar surface area (TPSA) is 99.5 Å². The van der Waals surface area contributed by atoms with E-state index in [9.17, 15) is 14.4 Å². The second kappa shape index (κ2) is 7.88. The molecule has 0 spiro atoms. The van der Waals surface area contributed by atoms with Crippen molar-refractivity contribution in [1.29, 1.82) is 0 Å². The molecule has 0 saturated heterocycles. The van der Waals surface area contributed by atoms with Gasteiger partial charge >= 0.3 is 11.9 Å². The average Bonchev–Trinajstić information content (AvgIpc) is 2.74. The Balaban J connectivity index is 2.94. The van der Waals surface area contributed by atoms with E-state index in [1.54, 1.807) is 66.3 Å². The van der Waals surface area contributed by atoms with Crippen molar-refractivity contribution < 1.29 is 23.9 Å². The Bertz CT molecular complexity index is 660. The van der Waals surface area contributed by atoms with Crippen LogP contribution in [0.2, 0.25) is 0 Å². The Morgan fingerprint density at radius 1 is 1.12 bits per heavy atom. The van der Waals surface area contributed by atoms with E-state index in [1.165, 1.54) is 0 Å². The summed E-state index contributed by atoms with van der Waals surface area (Å²) in [5.74, 6) is -1.87. The van der Waals surface area contributed by atoms with Crippen LogP contribution in [0.1, 0.15) is 64.1 Å². The van der Waals surface area contributed by atoms with Gasteiger partial charge in [-0.25, -0.2) is 4.79 Å². The smallest absolute Gasteiger partial charge is 0.329 e. The van der Waals surface area contributed by atoms with Crippen LogP contribution in [0, 0.1) is 6.92 Å². The van der Waals surface area contributed by atoms with Gasteiger partial charge in [-0.15, -0.1) is 0 Å². The van der Waals surface area contributed by atoms with Crippen molar-refractivity contribution in [2.45, 2.75) is 72.1 Å². The largest absolute Gasteiger partial charge is 0.460 e. The van der Waals surface area contributed by atoms with E-state index in [4.69, 9.17) is 9.47 Å². The van der Waals surface area contributed by atoms with Crippen molar-refractivity contribution in [3.8, 4) is 0 Å². The Labute approximate surface area is 154 Å². The maximum absolute atomic E-state index is 12.4. The van der Waals surface area contributed by atoms with Crippen LogP contribution in [0.3, 0.4) is 0 Å². The summed E-state index contributed by atoms with van der Waals surface area (Å²) in [7, 11) is 1.71. The van der Waals surface area contributed by atoms with Crippen LogP contribution in [-0.4, -0.2) is 44.9 Å². The summed E-state index contributed by atoms with van der Waals surface area (Å²) in [6, 6.07) is 0.425. The number of esters is 2. The molecule has 0 aromatic carbocycles. The number of nitrogens with one attached hydrogen (secondary N) is 1. The van der Waals surface area contributed by atoms with Crippen molar-refractivity contribution in [3.63, 3.8) is 0 Å². The minimum absolute atomic E-state index is 0.155. The van der Waals surface area contributed by atoms with Crippen molar-refractivity contribution in [1.82, 2.24) is 15.1 Å². The Hall–Kier alpha value is -2.38. The standard InChI is InChI=1S/C18H29N3O5/c1-11-9-12(20-21(11)8)15(23)19-13(16(24)26-18(5,6)7)10-14(22)25-17(2,3)4/h9,13H,10H2,1-8H3,(H,19,23). The van der Waals surface area contributed by atoms with E-state index in [2.05, 4.69) is 10.4 Å². The van der Waals surface area contributed by atoms with Crippen LogP contribution < -0.4 is 5.32 Å². The van der Waals surface area contributed by atoms with Crippen LogP contribution >= 0.6 is 0 Å². The Morgan fingerprint density at radius 2 is 1.65 bits per heavy atom. The van der Waals surface area contributed by atoms with Crippen molar-refractivity contribution >= 4 is 17.8 Å². The number of carbonyl (C=O) groups is 3. The monoisotopic (exact) mass is 367 g/mol. The van der Waals surface area contributed by atoms with Crippen molar-refractivity contribution in [3.05, 3.63) is 17.5 Å². The summed E-state index contributed by atoms with van der Waals surface area (Å²) in [5, 5.41) is 6.59. The molecule has 0 bridgehead atoms. The van der Waals surface area contributed by atoms with Gasteiger partial charge in [-0.3, -0.25) is 14.3 Å². The lowest BCUT2D eigenvalue weighted by Gasteiger charge is -2.25. The summed E-state index contributed by atoms with van der Waals surface area (Å²) in [4.78, 5) is 37.0. The van der Waals surface area contributed by atoms with Gasteiger partial charge < -0.3 is 14.8 Å². The highest BCUT2D eigenvalue weighted by atomic mass is 16.6. The van der Waals surface area contributed by atoms with E-state index in [0.717, 1.165) is 5.69 Å². The van der Waals surface area contributed by atoms with Gasteiger partial charge in [0.1, 0.15) is 22.9 Å². The number of carbonyl (C=O) groups excluding carboxylic acids is 3. The third-order valence-electron chi connectivity index (χ3n) is 3.13. The van der Waals surface area contributed by atoms with E-state index in [1.807, 2.05) is 0 Å². The molecule has 1 aromatic heterocycles. The summed E-state index contributed by atoms with van der Waals surface area (Å²) >= 11 is 0. The summed E-state index contributed by atoms with van der Waals surface area (Å²) in [6.45, 7) is 12.1. The number of ether oxygens (including phenoxy) is 2. The van der Waals surface area contributed by atoms with E-state index in [0.29, 0.717) is 0 Å². The number of aryl methyl sites for hydroxylation is 2. The molecule has 1 rings (SSSR count). The van der Waals surface area contributed by atoms with Gasteiger partial charge in [0.15, 0.2) is 0 Å². The fourth-order valence-corrected chi connectivity index (χ4v) is 2.02. The van der Waals surface area contributed by atoms with Crippen LogP contribution in [-0.2, 0) is 26.1 Å². The molecular weight excluding hydrogens is 338 g/mol. The highest BCUT2D eigenvalue weighted by Crippen LogP contribution is 2.14. The van der Waals surface area contributed by atoms with Crippen molar-refractivity contribution in [2.24, 2.45) is 7.05 Å². The molecule has 0 aliphatic rings. The zero-order chi connectivity index (χ0) is 20.3. The highest BCUT2D eigenvalue weighted by molar-refractivity contribution is 5.96. The number of aromatic nitrogens is 2. The van der Waals surface area contributed by atoms with E-state index < -0.39 is 35.1 Å². The highest BCUT2D eigenvalue weighted by Gasteiger charge is 2.31. The number of hydrogen-bond donors (Lipinski definition) is 1. The zero-order valence-corrected chi connectivity index (χ0v) is 16.8. The molecule has 1 aromatic rings. The van der Waals surface area contributed by atoms with E-state index in [-0.39, 0.29) is 12.1 Å². The molecular formula is C18H29N3O5. The normalized spacial score (nSPS) is 13.1. The third-order valence-corrected chi connectivity index (χ3v) is 3.13. The molecule has 1 unspecified atom stereocenters. The predicted molar refractivity (Wildman–Crippen MR) is 95.5 cm³/mol. The molecule has 1 amide bonds. The molecule has 0 aliphatic carbocycles. The second-order valence-corrected chi connectivity index (χ2v) is 8.14. The first-order valence-corrected chi connectivity index (χ1v) is 8.44. The van der Waals surface area contributed by atoms with Gasteiger partial charge in [0.05, 0.1) is 6.42 Å². The van der Waals surface area contributed by atoms with Gasteiger partial charge in [0, 0.05) is 12.7 Å². The van der Waals surface area contributed by atoms with Gasteiger partial charge in [0.25, 0.3) is 5.91 Å². The van der Waals surface area contributed by atoms with Crippen molar-refractivity contribution in [2.75, 3.05) is 0 Å². The molecule has 0 radical (unpaired) electrons. The van der Waals surface area contributed by atoms with Crippen LogP contribution in [0.25, 0.3) is 0 Å². The van der Waals surface area contributed by atoms with Crippen LogP contribution in [0.5, 0.6) is 0 Å². The molecule has 26 heavy (non-hydrogen) atoms. The second-order valence-electron chi connectivity index (χ2n) is 8.14. The molecule has 0 saturated carbocycles. The first-order valence-electron chi connectivity index (χ1n) is 8.44. The lowest BCUT2D eigenvalue weighted by Crippen LogP contribution is -2.46. The maximum atomic E-state index is 12.4. The molecule has 8 nitrogen and oxygen atoms in total. The maximum Gasteiger partial charge on any atom is 0.329 e. The summed E-state index contributed by atoms with van der Waals surface area (Å²) < 4.78 is 12.1. The fraction of sp³-hybridized carbons (Fsp3) is 0.667. The molecule has 146 valence electrons. The first kappa shape index (κ1) is 21.7. The lowest BCUT2D eigenvalue weighted by molar-refractivity contribution is -0.164. The molecule has 0 fully saturated rings. The lowest BCUT2D eigenvalue weighted by atomic mass is 10.1. The third kappa shape index (κ3) is 7.25. The van der Waals surface area contributed by atoms with E-state index >= 15 is 0 Å². The molecule has 1 atom stereocenters. The Kier molecular flexibility index (Phi) is 6.57. The molecule has 1 heterocycles. The van der Waals surface area contributed by atoms with Crippen LogP contribution in [0.4, 0.5) is 0 Å². The average molecular weight is 367 g/mol. The van der Waals surface area contributed by atoms with Gasteiger partial charge in [-0.2, -0.15) is 5.10 Å². The molecule has 1 N–H and O–H groups in total. The minimum atomic E-state index is -1.17. The molecule has 0 aliphatic heterocycles. The number of nitrogens with zero attached hydrogens (tertiary/aromatic N) is 2. The van der Waals surface area contributed by atoms with Gasteiger partial charge in [0.2, 0.25) is 0 Å². The number of hydrogen-bond acceptors (Lipinski definition) is 6. The SMILES string of the molecule is Cc1cc(C(=O)NC(CC(=O)OC(C)(C)C)C(=O)OC(C)(C)C)nn1C. The van der Waals surface area contributed by atoms with Gasteiger partial charge in [-0.1, -0.05) is 0 Å². The predicted octanol–water partition coefficient (Wildman–Crippen LogP) is 1.90. The zero-order valence-electron chi connectivity index (χ0n) is 16.8. The summed E-state index contributed by atoms with van der Waals surface area (Å²) in [6.07, 6.45) is -0.330. The Morgan fingerprint density at radius 3 is 2.08 bits per heavy atom. The first-order chi connectivity index (χ1) is 11.7. The van der Waals surface area contributed by atoms with Gasteiger partial charge in [-0.05, 0) is 54.5 Å². The molecule has 8 heteroatoms. The number of rotatable bonds is 5. The quantitative estimate of drug-likeness (QED) is 0.798. The summed E-state index contributed by atoms with van der Waals surface area (Å²) in [5.41, 5.74) is -0.508.